The van der Waals surface area contributed by atoms with Crippen molar-refractivity contribution in [2.24, 2.45) is 0 Å². The highest BCUT2D eigenvalue weighted by atomic mass is 35.5. The number of alkyl carbamates (subject to hydrolysis) is 1. The second kappa shape index (κ2) is 10.4. The molecule has 1 amide bonds. The average Bonchev–Trinajstić information content (AvgIpc) is 2.54. The lowest BCUT2D eigenvalue weighted by Crippen LogP contribution is -2.33. The molecule has 0 spiro atoms. The van der Waals surface area contributed by atoms with Gasteiger partial charge in [-0.05, 0) is 44.9 Å². The molecule has 7 nitrogen and oxygen atoms in total. The monoisotopic (exact) mass is 418 g/mol. The van der Waals surface area contributed by atoms with Crippen molar-refractivity contribution in [1.29, 1.82) is 5.41 Å². The van der Waals surface area contributed by atoms with Crippen LogP contribution < -0.4 is 10.1 Å². The molecule has 27 heavy (non-hydrogen) atoms. The number of ether oxygens (including phenoxy) is 3. The van der Waals surface area contributed by atoms with Gasteiger partial charge in [0.05, 0.1) is 23.8 Å². The van der Waals surface area contributed by atoms with E-state index in [9.17, 15) is 9.59 Å². The SMILES string of the molecule is COC(=O)C(=N)Cc1cc(Cl)c(OCCCNC(=O)OC(C)(C)C)c(Cl)c1. The number of carbonyl (C=O) groups excluding carboxylic acids is 2. The first-order chi connectivity index (χ1) is 12.5. The summed E-state index contributed by atoms with van der Waals surface area (Å²) in [7, 11) is 1.21. The van der Waals surface area contributed by atoms with Gasteiger partial charge in [0, 0.05) is 13.0 Å². The first-order valence-electron chi connectivity index (χ1n) is 8.26. The van der Waals surface area contributed by atoms with Crippen molar-refractivity contribution in [2.45, 2.75) is 39.2 Å². The van der Waals surface area contributed by atoms with Gasteiger partial charge in [-0.25, -0.2) is 9.59 Å². The minimum atomic E-state index is -0.708. The van der Waals surface area contributed by atoms with Crippen LogP contribution in [0.1, 0.15) is 32.8 Å². The van der Waals surface area contributed by atoms with Gasteiger partial charge in [0.25, 0.3) is 0 Å². The van der Waals surface area contributed by atoms with Crippen LogP contribution in [0.5, 0.6) is 5.75 Å². The molecule has 0 aliphatic carbocycles. The van der Waals surface area contributed by atoms with Crippen molar-refractivity contribution < 1.29 is 23.8 Å². The number of amides is 1. The number of esters is 1. The van der Waals surface area contributed by atoms with Crippen molar-refractivity contribution in [2.75, 3.05) is 20.3 Å². The van der Waals surface area contributed by atoms with E-state index >= 15 is 0 Å². The molecule has 150 valence electrons. The second-order valence-electron chi connectivity index (χ2n) is 6.67. The van der Waals surface area contributed by atoms with Gasteiger partial charge < -0.3 is 19.5 Å². The first kappa shape index (κ1) is 23.0. The lowest BCUT2D eigenvalue weighted by atomic mass is 10.1. The summed E-state index contributed by atoms with van der Waals surface area (Å²) in [6, 6.07) is 3.17. The van der Waals surface area contributed by atoms with E-state index in [1.165, 1.54) is 7.11 Å². The van der Waals surface area contributed by atoms with E-state index in [-0.39, 0.29) is 28.8 Å². The largest absolute Gasteiger partial charge is 0.490 e. The maximum atomic E-state index is 11.5. The lowest BCUT2D eigenvalue weighted by molar-refractivity contribution is -0.132. The first-order valence-corrected chi connectivity index (χ1v) is 9.02. The number of nitrogens with one attached hydrogen (secondary N) is 2. The molecule has 0 atom stereocenters. The van der Waals surface area contributed by atoms with Gasteiger partial charge in [-0.15, -0.1) is 0 Å². The summed E-state index contributed by atoms with van der Waals surface area (Å²) in [5.74, 6) is -0.399. The molecule has 0 heterocycles. The summed E-state index contributed by atoms with van der Waals surface area (Å²) in [6.07, 6.45) is 0.0864. The predicted molar refractivity (Wildman–Crippen MR) is 104 cm³/mol. The Kier molecular flexibility index (Phi) is 8.85. The number of benzene rings is 1. The molecule has 0 unspecified atom stereocenters. The van der Waals surface area contributed by atoms with Gasteiger partial charge in [0.1, 0.15) is 11.3 Å². The zero-order valence-corrected chi connectivity index (χ0v) is 17.3. The van der Waals surface area contributed by atoms with E-state index in [2.05, 4.69) is 10.1 Å². The number of halogens is 2. The fourth-order valence-corrected chi connectivity index (χ4v) is 2.64. The normalized spacial score (nSPS) is 10.9. The molecule has 0 radical (unpaired) electrons. The van der Waals surface area contributed by atoms with E-state index in [1.807, 2.05) is 0 Å². The molecule has 0 bridgehead atoms. The van der Waals surface area contributed by atoms with Crippen molar-refractivity contribution in [1.82, 2.24) is 5.32 Å². The van der Waals surface area contributed by atoms with E-state index in [0.29, 0.717) is 24.3 Å². The number of methoxy groups -OCH3 is 1. The average molecular weight is 419 g/mol. The van der Waals surface area contributed by atoms with Crippen LogP contribution in [0.15, 0.2) is 12.1 Å². The molecule has 9 heteroatoms. The highest BCUT2D eigenvalue weighted by Crippen LogP contribution is 2.34. The van der Waals surface area contributed by atoms with Gasteiger partial charge in [0.2, 0.25) is 0 Å². The minimum Gasteiger partial charge on any atom is -0.490 e. The van der Waals surface area contributed by atoms with Crippen LogP contribution in [0, 0.1) is 5.41 Å². The molecular formula is C18H24Cl2N2O5. The molecule has 0 aliphatic heterocycles. The molecule has 0 saturated carbocycles. The molecule has 0 aromatic heterocycles. The molecule has 1 rings (SSSR count). The number of hydrogen-bond acceptors (Lipinski definition) is 6. The molecule has 1 aromatic carbocycles. The van der Waals surface area contributed by atoms with Crippen molar-refractivity contribution in [3.8, 4) is 5.75 Å². The van der Waals surface area contributed by atoms with Crippen molar-refractivity contribution >= 4 is 41.0 Å². The van der Waals surface area contributed by atoms with Crippen LogP contribution in [-0.2, 0) is 20.7 Å². The summed E-state index contributed by atoms with van der Waals surface area (Å²) in [5.41, 5.74) is -0.154. The lowest BCUT2D eigenvalue weighted by Gasteiger charge is -2.19. The van der Waals surface area contributed by atoms with Crippen LogP contribution in [-0.4, -0.2) is 43.6 Å². The fraction of sp³-hybridized carbons (Fsp3) is 0.500. The van der Waals surface area contributed by atoms with Crippen LogP contribution >= 0.6 is 23.2 Å². The van der Waals surface area contributed by atoms with Crippen molar-refractivity contribution in [3.63, 3.8) is 0 Å². The van der Waals surface area contributed by atoms with Gasteiger partial charge in [-0.2, -0.15) is 0 Å². The van der Waals surface area contributed by atoms with Crippen LogP contribution in [0.4, 0.5) is 4.79 Å². The Bertz CT molecular complexity index is 678. The minimum absolute atomic E-state index is 0.0478. The summed E-state index contributed by atoms with van der Waals surface area (Å²) in [4.78, 5) is 22.8. The molecule has 0 saturated heterocycles. The maximum Gasteiger partial charge on any atom is 0.407 e. The van der Waals surface area contributed by atoms with Gasteiger partial charge in [-0.3, -0.25) is 5.41 Å². The molecule has 1 aromatic rings. The molecule has 0 fully saturated rings. The maximum absolute atomic E-state index is 11.5. The van der Waals surface area contributed by atoms with Gasteiger partial charge in [0.15, 0.2) is 5.75 Å². The van der Waals surface area contributed by atoms with Gasteiger partial charge >= 0.3 is 12.1 Å². The summed E-state index contributed by atoms with van der Waals surface area (Å²) >= 11 is 12.4. The fourth-order valence-electron chi connectivity index (χ4n) is 2.00. The van der Waals surface area contributed by atoms with E-state index in [0.717, 1.165) is 0 Å². The molecular weight excluding hydrogens is 395 g/mol. The highest BCUT2D eigenvalue weighted by molar-refractivity contribution is 6.38. The Morgan fingerprint density at radius 1 is 1.19 bits per heavy atom. The van der Waals surface area contributed by atoms with E-state index in [4.69, 9.17) is 38.1 Å². The third-order valence-corrected chi connectivity index (χ3v) is 3.67. The van der Waals surface area contributed by atoms with E-state index in [1.54, 1.807) is 32.9 Å². The van der Waals surface area contributed by atoms with Crippen LogP contribution in [0.2, 0.25) is 10.0 Å². The topological polar surface area (TPSA) is 97.7 Å². The molecule has 2 N–H and O–H groups in total. The number of hydrogen-bond donors (Lipinski definition) is 2. The Morgan fingerprint density at radius 3 is 2.30 bits per heavy atom. The number of carbonyl (C=O) groups is 2. The summed E-state index contributed by atoms with van der Waals surface area (Å²) in [6.45, 7) is 6.02. The summed E-state index contributed by atoms with van der Waals surface area (Å²) < 4.78 is 15.2. The predicted octanol–water partition coefficient (Wildman–Crippen LogP) is 4.02. The zero-order valence-electron chi connectivity index (χ0n) is 15.8. The van der Waals surface area contributed by atoms with Gasteiger partial charge in [-0.1, -0.05) is 23.2 Å². The summed E-state index contributed by atoms with van der Waals surface area (Å²) in [5, 5.41) is 10.8. The second-order valence-corrected chi connectivity index (χ2v) is 7.48. The van der Waals surface area contributed by atoms with E-state index < -0.39 is 17.7 Å². The third kappa shape index (κ3) is 8.49. The Labute approximate surface area is 168 Å². The number of rotatable bonds is 8. The standard InChI is InChI=1S/C18H24Cl2N2O5/c1-18(2,3)27-17(24)22-6-5-7-26-15-12(19)8-11(9-13(15)20)10-14(21)16(23)25-4/h8-9,21H,5-7,10H2,1-4H3,(H,22,24). The zero-order chi connectivity index (χ0) is 20.6. The quantitative estimate of drug-likeness (QED) is 0.377. The Hall–Kier alpha value is -1.99. The Morgan fingerprint density at radius 2 is 1.78 bits per heavy atom. The van der Waals surface area contributed by atoms with Crippen LogP contribution in [0.3, 0.4) is 0 Å². The highest BCUT2D eigenvalue weighted by Gasteiger charge is 2.16. The third-order valence-electron chi connectivity index (χ3n) is 3.11. The Balaban J connectivity index is 2.51. The molecule has 0 aliphatic rings. The van der Waals surface area contributed by atoms with Crippen molar-refractivity contribution in [3.05, 3.63) is 27.7 Å². The smallest absolute Gasteiger partial charge is 0.407 e. The van der Waals surface area contributed by atoms with Crippen LogP contribution in [0.25, 0.3) is 0 Å².